The number of likely N-dealkylation sites (tertiary alicyclic amines) is 1. The first-order chi connectivity index (χ1) is 9.72. The highest BCUT2D eigenvalue weighted by Crippen LogP contribution is 2.25. The quantitative estimate of drug-likeness (QED) is 0.880. The fourth-order valence-electron chi connectivity index (χ4n) is 3.12. The Morgan fingerprint density at radius 1 is 1.40 bits per heavy atom. The second-order valence-electron chi connectivity index (χ2n) is 5.68. The van der Waals surface area contributed by atoms with Crippen molar-refractivity contribution in [3.05, 3.63) is 36.0 Å². The highest BCUT2D eigenvalue weighted by molar-refractivity contribution is 5.82. The van der Waals surface area contributed by atoms with Gasteiger partial charge >= 0.3 is 5.97 Å². The Balaban J connectivity index is 1.60. The van der Waals surface area contributed by atoms with Crippen LogP contribution in [0.25, 0.3) is 10.9 Å². The fraction of sp³-hybridized carbons (Fsp3) is 0.438. The van der Waals surface area contributed by atoms with Gasteiger partial charge in [0.15, 0.2) is 0 Å². The third-order valence-corrected chi connectivity index (χ3v) is 4.21. The summed E-state index contributed by atoms with van der Waals surface area (Å²) in [5.41, 5.74) is 2.52. The van der Waals surface area contributed by atoms with Gasteiger partial charge in [-0.3, -0.25) is 9.69 Å². The molecule has 0 spiro atoms. The number of aliphatic carboxylic acids is 1. The van der Waals surface area contributed by atoms with Crippen molar-refractivity contribution >= 4 is 16.9 Å². The second kappa shape index (κ2) is 5.67. The van der Waals surface area contributed by atoms with Gasteiger partial charge in [0.1, 0.15) is 0 Å². The summed E-state index contributed by atoms with van der Waals surface area (Å²) in [4.78, 5) is 16.4. The molecule has 4 nitrogen and oxygen atoms in total. The second-order valence-corrected chi connectivity index (χ2v) is 5.68. The lowest BCUT2D eigenvalue weighted by Crippen LogP contribution is -2.20. The van der Waals surface area contributed by atoms with Crippen molar-refractivity contribution in [3.8, 4) is 0 Å². The molecule has 1 atom stereocenters. The molecule has 1 aliphatic rings. The number of aromatic nitrogens is 1. The summed E-state index contributed by atoms with van der Waals surface area (Å²) in [5, 5.41) is 10.0. The Kier molecular flexibility index (Phi) is 3.74. The Labute approximate surface area is 118 Å². The van der Waals surface area contributed by atoms with E-state index in [-0.39, 0.29) is 0 Å². The van der Waals surface area contributed by atoms with E-state index >= 15 is 0 Å². The van der Waals surface area contributed by atoms with Gasteiger partial charge in [-0.2, -0.15) is 0 Å². The van der Waals surface area contributed by atoms with Crippen LogP contribution >= 0.6 is 0 Å². The highest BCUT2D eigenvalue weighted by Gasteiger charge is 2.23. The van der Waals surface area contributed by atoms with E-state index in [0.29, 0.717) is 12.3 Å². The molecule has 1 aromatic heterocycles. The number of nitrogens with zero attached hydrogens (tertiary/aromatic N) is 1. The predicted octanol–water partition coefficient (Wildman–Crippen LogP) is 2.85. The van der Waals surface area contributed by atoms with Crippen LogP contribution in [0, 0.1) is 5.92 Å². The molecule has 2 aromatic rings. The minimum Gasteiger partial charge on any atom is -0.481 e. The van der Waals surface area contributed by atoms with Crippen LogP contribution in [0.15, 0.2) is 30.5 Å². The standard InChI is InChI=1S/C16H20N2O2/c19-16(20)6-5-12-7-8-18(10-12)11-13-9-17-15-4-2-1-3-14(13)15/h1-4,9,12,17H,5-8,10-11H2,(H,19,20). The van der Waals surface area contributed by atoms with E-state index < -0.39 is 5.97 Å². The molecular weight excluding hydrogens is 252 g/mol. The van der Waals surface area contributed by atoms with Gasteiger partial charge in [0.25, 0.3) is 0 Å². The van der Waals surface area contributed by atoms with Gasteiger partial charge in [-0.05, 0) is 36.9 Å². The van der Waals surface area contributed by atoms with E-state index in [1.54, 1.807) is 0 Å². The number of hydrogen-bond donors (Lipinski definition) is 2. The number of carbonyl (C=O) groups is 1. The predicted molar refractivity (Wildman–Crippen MR) is 78.6 cm³/mol. The largest absolute Gasteiger partial charge is 0.481 e. The summed E-state index contributed by atoms with van der Waals surface area (Å²) < 4.78 is 0. The van der Waals surface area contributed by atoms with Crippen LogP contribution in [-0.2, 0) is 11.3 Å². The van der Waals surface area contributed by atoms with Crippen molar-refractivity contribution in [3.63, 3.8) is 0 Å². The average molecular weight is 272 g/mol. The molecule has 3 rings (SSSR count). The minimum absolute atomic E-state index is 0.297. The van der Waals surface area contributed by atoms with Gasteiger partial charge in [0, 0.05) is 36.6 Å². The van der Waals surface area contributed by atoms with Gasteiger partial charge in [0.2, 0.25) is 0 Å². The highest BCUT2D eigenvalue weighted by atomic mass is 16.4. The molecular formula is C16H20N2O2. The molecule has 20 heavy (non-hydrogen) atoms. The molecule has 1 aromatic carbocycles. The molecule has 0 radical (unpaired) electrons. The molecule has 0 amide bonds. The van der Waals surface area contributed by atoms with Gasteiger partial charge < -0.3 is 10.1 Å². The number of carboxylic acid groups (broad SMARTS) is 1. The lowest BCUT2D eigenvalue weighted by molar-refractivity contribution is -0.137. The number of nitrogens with one attached hydrogen (secondary N) is 1. The van der Waals surface area contributed by atoms with E-state index in [1.807, 2.05) is 6.07 Å². The average Bonchev–Trinajstić information content (AvgIpc) is 3.05. The normalized spacial score (nSPS) is 19.7. The van der Waals surface area contributed by atoms with Crippen molar-refractivity contribution in [1.82, 2.24) is 9.88 Å². The monoisotopic (exact) mass is 272 g/mol. The zero-order valence-electron chi connectivity index (χ0n) is 11.5. The summed E-state index contributed by atoms with van der Waals surface area (Å²) >= 11 is 0. The minimum atomic E-state index is -0.680. The van der Waals surface area contributed by atoms with Crippen LogP contribution in [-0.4, -0.2) is 34.0 Å². The van der Waals surface area contributed by atoms with E-state index in [2.05, 4.69) is 34.3 Å². The Morgan fingerprint density at radius 2 is 2.25 bits per heavy atom. The molecule has 106 valence electrons. The molecule has 0 aliphatic carbocycles. The van der Waals surface area contributed by atoms with Crippen molar-refractivity contribution in [2.24, 2.45) is 5.92 Å². The first kappa shape index (κ1) is 13.2. The lowest BCUT2D eigenvalue weighted by Gasteiger charge is -2.15. The van der Waals surface area contributed by atoms with Crippen LogP contribution in [0.4, 0.5) is 0 Å². The first-order valence-electron chi connectivity index (χ1n) is 7.21. The third-order valence-electron chi connectivity index (χ3n) is 4.21. The van der Waals surface area contributed by atoms with Crippen molar-refractivity contribution in [2.75, 3.05) is 13.1 Å². The summed E-state index contributed by atoms with van der Waals surface area (Å²) in [6, 6.07) is 8.36. The van der Waals surface area contributed by atoms with Crippen molar-refractivity contribution < 1.29 is 9.90 Å². The van der Waals surface area contributed by atoms with Gasteiger partial charge in [-0.15, -0.1) is 0 Å². The topological polar surface area (TPSA) is 56.3 Å². The van der Waals surface area contributed by atoms with Crippen LogP contribution in [0.5, 0.6) is 0 Å². The summed E-state index contributed by atoms with van der Waals surface area (Å²) in [6.07, 6.45) is 4.32. The SMILES string of the molecule is O=C(O)CCC1CCN(Cc2c[nH]c3ccccc23)C1. The number of H-pyrrole nitrogens is 1. The number of rotatable bonds is 5. The summed E-state index contributed by atoms with van der Waals surface area (Å²) in [7, 11) is 0. The van der Waals surface area contributed by atoms with Gasteiger partial charge in [-0.1, -0.05) is 18.2 Å². The molecule has 0 bridgehead atoms. The zero-order chi connectivity index (χ0) is 13.9. The molecule has 1 fully saturated rings. The van der Waals surface area contributed by atoms with E-state index in [9.17, 15) is 4.79 Å². The lowest BCUT2D eigenvalue weighted by atomic mass is 10.0. The maximum absolute atomic E-state index is 10.6. The van der Waals surface area contributed by atoms with Crippen LogP contribution in [0.1, 0.15) is 24.8 Å². The Morgan fingerprint density at radius 3 is 3.10 bits per heavy atom. The van der Waals surface area contributed by atoms with Crippen molar-refractivity contribution in [1.29, 1.82) is 0 Å². The molecule has 2 heterocycles. The molecule has 1 unspecified atom stereocenters. The number of para-hydroxylation sites is 1. The number of carboxylic acids is 1. The number of benzene rings is 1. The Bertz CT molecular complexity index is 605. The molecule has 1 saturated heterocycles. The molecule has 0 saturated carbocycles. The van der Waals surface area contributed by atoms with Crippen LogP contribution in [0.2, 0.25) is 0 Å². The van der Waals surface area contributed by atoms with E-state index in [0.717, 1.165) is 32.5 Å². The van der Waals surface area contributed by atoms with Crippen molar-refractivity contribution in [2.45, 2.75) is 25.8 Å². The van der Waals surface area contributed by atoms with Gasteiger partial charge in [0.05, 0.1) is 0 Å². The van der Waals surface area contributed by atoms with Crippen LogP contribution < -0.4 is 0 Å². The maximum Gasteiger partial charge on any atom is 0.303 e. The summed E-state index contributed by atoms with van der Waals surface area (Å²) in [5.74, 6) is -0.142. The number of aromatic amines is 1. The smallest absolute Gasteiger partial charge is 0.303 e. The Hall–Kier alpha value is -1.81. The maximum atomic E-state index is 10.6. The van der Waals surface area contributed by atoms with Gasteiger partial charge in [-0.25, -0.2) is 0 Å². The molecule has 4 heteroatoms. The third kappa shape index (κ3) is 2.85. The fourth-order valence-corrected chi connectivity index (χ4v) is 3.12. The molecule has 1 aliphatic heterocycles. The first-order valence-corrected chi connectivity index (χ1v) is 7.21. The van der Waals surface area contributed by atoms with E-state index in [4.69, 9.17) is 5.11 Å². The van der Waals surface area contributed by atoms with Crippen LogP contribution in [0.3, 0.4) is 0 Å². The zero-order valence-corrected chi connectivity index (χ0v) is 11.5. The molecule has 2 N–H and O–H groups in total. The number of hydrogen-bond acceptors (Lipinski definition) is 2. The van der Waals surface area contributed by atoms with E-state index in [1.165, 1.54) is 16.5 Å². The number of fused-ring (bicyclic) bond motifs is 1. The summed E-state index contributed by atoms with van der Waals surface area (Å²) in [6.45, 7) is 3.05.